The zero-order chi connectivity index (χ0) is 21.1. The van der Waals surface area contributed by atoms with Crippen molar-refractivity contribution in [2.24, 2.45) is 0 Å². The van der Waals surface area contributed by atoms with Gasteiger partial charge in [0.05, 0.1) is 16.7 Å². The fraction of sp³-hybridized carbons (Fsp3) is 0.174. The van der Waals surface area contributed by atoms with Gasteiger partial charge in [-0.15, -0.1) is 0 Å². The molecule has 7 heteroatoms. The Kier molecular flexibility index (Phi) is 5.34. The Morgan fingerprint density at radius 1 is 1.13 bits per heavy atom. The van der Waals surface area contributed by atoms with E-state index >= 15 is 0 Å². The molecule has 0 bridgehead atoms. The molecule has 1 unspecified atom stereocenters. The molecule has 1 amide bonds. The summed E-state index contributed by atoms with van der Waals surface area (Å²) in [6.07, 6.45) is 0. The molecular formula is C23H20N2O5. The molecule has 3 aromatic carbocycles. The van der Waals surface area contributed by atoms with E-state index in [2.05, 4.69) is 0 Å². The standard InChI is InChI=1S/C23H20N2O5/c1-16-11-12-19(25(27)28)22(13-16)30-15-23(26)24-18-9-5-6-10-21(18)29-14-20(24)17-7-3-2-4-8-17/h2-13,20H,14-15H2,1H3. The molecule has 0 saturated heterocycles. The van der Waals surface area contributed by atoms with Crippen LogP contribution in [0.5, 0.6) is 11.5 Å². The van der Waals surface area contributed by atoms with Gasteiger partial charge in [0.25, 0.3) is 5.91 Å². The first-order valence-corrected chi connectivity index (χ1v) is 9.51. The summed E-state index contributed by atoms with van der Waals surface area (Å²) >= 11 is 0. The monoisotopic (exact) mass is 404 g/mol. The molecule has 1 aliphatic rings. The van der Waals surface area contributed by atoms with Crippen molar-refractivity contribution < 1.29 is 19.2 Å². The van der Waals surface area contributed by atoms with Gasteiger partial charge < -0.3 is 9.47 Å². The molecule has 0 spiro atoms. The second kappa shape index (κ2) is 8.24. The Balaban J connectivity index is 1.64. The van der Waals surface area contributed by atoms with Gasteiger partial charge in [-0.05, 0) is 36.2 Å². The number of carbonyl (C=O) groups is 1. The Bertz CT molecular complexity index is 1080. The van der Waals surface area contributed by atoms with Crippen molar-refractivity contribution in [3.05, 3.63) is 94.0 Å². The lowest BCUT2D eigenvalue weighted by Gasteiger charge is -2.37. The molecule has 4 rings (SSSR count). The SMILES string of the molecule is Cc1ccc([N+](=O)[O-])c(OCC(=O)N2c3ccccc3OCC2c2ccccc2)c1. The maximum absolute atomic E-state index is 13.3. The van der Waals surface area contributed by atoms with E-state index in [1.165, 1.54) is 6.07 Å². The lowest BCUT2D eigenvalue weighted by molar-refractivity contribution is -0.385. The highest BCUT2D eigenvalue weighted by atomic mass is 16.6. The van der Waals surface area contributed by atoms with E-state index in [4.69, 9.17) is 9.47 Å². The van der Waals surface area contributed by atoms with Crippen LogP contribution < -0.4 is 14.4 Å². The number of amides is 1. The van der Waals surface area contributed by atoms with Crippen molar-refractivity contribution >= 4 is 17.3 Å². The van der Waals surface area contributed by atoms with E-state index in [0.717, 1.165) is 11.1 Å². The number of hydrogen-bond acceptors (Lipinski definition) is 5. The van der Waals surface area contributed by atoms with Crippen LogP contribution in [-0.2, 0) is 4.79 Å². The Morgan fingerprint density at radius 3 is 2.63 bits per heavy atom. The maximum atomic E-state index is 13.3. The number of rotatable bonds is 5. The number of ether oxygens (including phenoxy) is 2. The van der Waals surface area contributed by atoms with Gasteiger partial charge >= 0.3 is 5.69 Å². The number of para-hydroxylation sites is 2. The molecule has 1 aliphatic heterocycles. The quantitative estimate of drug-likeness (QED) is 0.464. The summed E-state index contributed by atoms with van der Waals surface area (Å²) in [6, 6.07) is 21.2. The van der Waals surface area contributed by atoms with Crippen LogP contribution in [0.25, 0.3) is 0 Å². The maximum Gasteiger partial charge on any atom is 0.310 e. The van der Waals surface area contributed by atoms with Crippen molar-refractivity contribution in [2.75, 3.05) is 18.1 Å². The van der Waals surface area contributed by atoms with Crippen LogP contribution in [0.1, 0.15) is 17.2 Å². The molecule has 0 N–H and O–H groups in total. The summed E-state index contributed by atoms with van der Waals surface area (Å²) in [5.74, 6) is 0.376. The molecule has 0 aromatic heterocycles. The minimum atomic E-state index is -0.518. The fourth-order valence-corrected chi connectivity index (χ4v) is 3.51. The minimum absolute atomic E-state index is 0.0751. The predicted molar refractivity (Wildman–Crippen MR) is 112 cm³/mol. The topological polar surface area (TPSA) is 81.9 Å². The van der Waals surface area contributed by atoms with E-state index in [9.17, 15) is 14.9 Å². The van der Waals surface area contributed by atoms with Gasteiger partial charge in [-0.3, -0.25) is 19.8 Å². The van der Waals surface area contributed by atoms with Crippen LogP contribution in [0, 0.1) is 17.0 Å². The molecule has 0 saturated carbocycles. The normalized spacial score (nSPS) is 15.1. The van der Waals surface area contributed by atoms with Gasteiger partial charge in [-0.2, -0.15) is 0 Å². The first kappa shape index (κ1) is 19.4. The lowest BCUT2D eigenvalue weighted by atomic mass is 10.0. The van der Waals surface area contributed by atoms with Crippen molar-refractivity contribution in [1.82, 2.24) is 0 Å². The Morgan fingerprint density at radius 2 is 1.87 bits per heavy atom. The van der Waals surface area contributed by atoms with Crippen molar-refractivity contribution in [1.29, 1.82) is 0 Å². The summed E-state index contributed by atoms with van der Waals surface area (Å²) in [7, 11) is 0. The van der Waals surface area contributed by atoms with Crippen LogP contribution >= 0.6 is 0 Å². The largest absolute Gasteiger partial charge is 0.489 e. The van der Waals surface area contributed by atoms with E-state index in [0.29, 0.717) is 18.0 Å². The Labute approximate surface area is 173 Å². The molecule has 152 valence electrons. The number of benzene rings is 3. The number of carbonyl (C=O) groups excluding carboxylic acids is 1. The molecule has 1 atom stereocenters. The second-order valence-corrected chi connectivity index (χ2v) is 6.99. The number of anilines is 1. The van der Waals surface area contributed by atoms with Crippen molar-refractivity contribution in [3.63, 3.8) is 0 Å². The first-order chi connectivity index (χ1) is 14.5. The number of aryl methyl sites for hydroxylation is 1. The van der Waals surface area contributed by atoms with E-state index in [1.54, 1.807) is 17.0 Å². The molecule has 7 nitrogen and oxygen atoms in total. The average molecular weight is 404 g/mol. The van der Waals surface area contributed by atoms with Crippen LogP contribution in [-0.4, -0.2) is 24.0 Å². The summed E-state index contributed by atoms with van der Waals surface area (Å²) < 4.78 is 11.5. The minimum Gasteiger partial charge on any atom is -0.489 e. The number of hydrogen-bond donors (Lipinski definition) is 0. The zero-order valence-corrected chi connectivity index (χ0v) is 16.4. The highest BCUT2D eigenvalue weighted by Crippen LogP contribution is 2.39. The molecule has 3 aromatic rings. The molecule has 1 heterocycles. The van der Waals surface area contributed by atoms with Crippen LogP contribution in [0.4, 0.5) is 11.4 Å². The van der Waals surface area contributed by atoms with E-state index in [1.807, 2.05) is 61.5 Å². The van der Waals surface area contributed by atoms with Crippen molar-refractivity contribution in [3.8, 4) is 11.5 Å². The fourth-order valence-electron chi connectivity index (χ4n) is 3.51. The Hall–Kier alpha value is -3.87. The number of nitrogens with zero attached hydrogens (tertiary/aromatic N) is 2. The molecule has 30 heavy (non-hydrogen) atoms. The summed E-state index contributed by atoms with van der Waals surface area (Å²) in [5.41, 5.74) is 2.21. The predicted octanol–water partition coefficient (Wildman–Crippen LogP) is 4.45. The van der Waals surface area contributed by atoms with Crippen molar-refractivity contribution in [2.45, 2.75) is 13.0 Å². The number of fused-ring (bicyclic) bond motifs is 1. The number of nitro groups is 1. The number of nitro benzene ring substituents is 1. The van der Waals surface area contributed by atoms with Gasteiger partial charge in [0.15, 0.2) is 12.4 Å². The molecule has 0 radical (unpaired) electrons. The average Bonchev–Trinajstić information content (AvgIpc) is 2.77. The van der Waals surface area contributed by atoms with Gasteiger partial charge in [0.2, 0.25) is 0 Å². The highest BCUT2D eigenvalue weighted by Gasteiger charge is 2.33. The summed E-state index contributed by atoms with van der Waals surface area (Å²) in [6.45, 7) is 1.78. The third-order valence-corrected chi connectivity index (χ3v) is 4.95. The first-order valence-electron chi connectivity index (χ1n) is 9.51. The molecular weight excluding hydrogens is 384 g/mol. The van der Waals surface area contributed by atoms with Gasteiger partial charge in [0, 0.05) is 6.07 Å². The zero-order valence-electron chi connectivity index (χ0n) is 16.4. The highest BCUT2D eigenvalue weighted by molar-refractivity contribution is 5.97. The smallest absolute Gasteiger partial charge is 0.310 e. The lowest BCUT2D eigenvalue weighted by Crippen LogP contribution is -2.43. The summed E-state index contributed by atoms with van der Waals surface area (Å²) in [4.78, 5) is 25.7. The second-order valence-electron chi connectivity index (χ2n) is 6.99. The van der Waals surface area contributed by atoms with E-state index < -0.39 is 4.92 Å². The van der Waals surface area contributed by atoms with Gasteiger partial charge in [-0.1, -0.05) is 48.5 Å². The van der Waals surface area contributed by atoms with Crippen LogP contribution in [0.15, 0.2) is 72.8 Å². The van der Waals surface area contributed by atoms with Crippen LogP contribution in [0.3, 0.4) is 0 Å². The van der Waals surface area contributed by atoms with Crippen LogP contribution in [0.2, 0.25) is 0 Å². The van der Waals surface area contributed by atoms with Gasteiger partial charge in [0.1, 0.15) is 12.4 Å². The third-order valence-electron chi connectivity index (χ3n) is 4.95. The summed E-state index contributed by atoms with van der Waals surface area (Å²) in [5, 5.41) is 11.3. The third kappa shape index (κ3) is 3.82. The van der Waals surface area contributed by atoms with Gasteiger partial charge in [-0.25, -0.2) is 0 Å². The van der Waals surface area contributed by atoms with E-state index in [-0.39, 0.29) is 30.0 Å². The molecule has 0 aliphatic carbocycles. The molecule has 0 fully saturated rings.